The first-order valence-corrected chi connectivity index (χ1v) is 6.43. The van der Waals surface area contributed by atoms with E-state index in [9.17, 15) is 0 Å². The maximum Gasteiger partial charge on any atom is 0.0537 e. The van der Waals surface area contributed by atoms with E-state index >= 15 is 0 Å². The van der Waals surface area contributed by atoms with Gasteiger partial charge in [-0.2, -0.15) is 5.10 Å². The summed E-state index contributed by atoms with van der Waals surface area (Å²) in [6, 6.07) is 0. The smallest absolute Gasteiger partial charge is 0.0537 e. The van der Waals surface area contributed by atoms with Gasteiger partial charge in [0.2, 0.25) is 0 Å². The van der Waals surface area contributed by atoms with E-state index in [1.807, 2.05) is 6.20 Å². The topological polar surface area (TPSA) is 29.9 Å². The Labute approximate surface area is 99.2 Å². The van der Waals surface area contributed by atoms with Gasteiger partial charge in [-0.3, -0.25) is 4.68 Å². The highest BCUT2D eigenvalue weighted by Crippen LogP contribution is 2.10. The number of hydrogen-bond acceptors (Lipinski definition) is 2. The van der Waals surface area contributed by atoms with E-state index in [4.69, 9.17) is 0 Å². The van der Waals surface area contributed by atoms with Gasteiger partial charge in [-0.25, -0.2) is 0 Å². The molecule has 0 fully saturated rings. The summed E-state index contributed by atoms with van der Waals surface area (Å²) < 4.78 is 2.15. The molecule has 3 heteroatoms. The van der Waals surface area contributed by atoms with Crippen LogP contribution in [0, 0.1) is 5.92 Å². The Morgan fingerprint density at radius 3 is 2.69 bits per heavy atom. The third kappa shape index (κ3) is 3.63. The molecule has 92 valence electrons. The fraction of sp³-hybridized carbons (Fsp3) is 0.769. The van der Waals surface area contributed by atoms with Gasteiger partial charge in [-0.05, 0) is 25.3 Å². The molecular formula is C13H25N3. The molecule has 0 aliphatic heterocycles. The summed E-state index contributed by atoms with van der Waals surface area (Å²) in [6.07, 6.45) is 4.23. The van der Waals surface area contributed by atoms with E-state index in [1.54, 1.807) is 0 Å². The maximum absolute atomic E-state index is 4.45. The lowest BCUT2D eigenvalue weighted by Gasteiger charge is -2.09. The molecule has 1 N–H and O–H groups in total. The van der Waals surface area contributed by atoms with Gasteiger partial charge in [-0.15, -0.1) is 0 Å². The van der Waals surface area contributed by atoms with E-state index in [0.717, 1.165) is 32.5 Å². The normalized spacial score (nSPS) is 11.3. The molecule has 0 radical (unpaired) electrons. The molecule has 1 heterocycles. The van der Waals surface area contributed by atoms with Gasteiger partial charge in [0.1, 0.15) is 0 Å². The standard InChI is InChI=1S/C13H25N3/c1-5-7-16-13(6-2)12(10-15-16)9-14-8-11(3)4/h10-11,14H,5-9H2,1-4H3. The third-order valence-corrected chi connectivity index (χ3v) is 2.67. The molecule has 0 saturated heterocycles. The van der Waals surface area contributed by atoms with Crippen LogP contribution in [0.4, 0.5) is 0 Å². The van der Waals surface area contributed by atoms with Crippen LogP contribution in [0.25, 0.3) is 0 Å². The summed E-state index contributed by atoms with van der Waals surface area (Å²) in [7, 11) is 0. The number of hydrogen-bond donors (Lipinski definition) is 1. The monoisotopic (exact) mass is 223 g/mol. The summed E-state index contributed by atoms with van der Waals surface area (Å²) in [4.78, 5) is 0. The lowest BCUT2D eigenvalue weighted by molar-refractivity contribution is 0.546. The molecule has 0 bridgehead atoms. The van der Waals surface area contributed by atoms with Crippen LogP contribution in [0.15, 0.2) is 6.20 Å². The van der Waals surface area contributed by atoms with E-state index in [1.165, 1.54) is 11.3 Å². The van der Waals surface area contributed by atoms with Crippen LogP contribution >= 0.6 is 0 Å². The highest BCUT2D eigenvalue weighted by atomic mass is 15.3. The van der Waals surface area contributed by atoms with Crippen molar-refractivity contribution in [2.75, 3.05) is 6.54 Å². The molecular weight excluding hydrogens is 198 g/mol. The van der Waals surface area contributed by atoms with E-state index < -0.39 is 0 Å². The zero-order chi connectivity index (χ0) is 12.0. The second kappa shape index (κ2) is 6.69. The van der Waals surface area contributed by atoms with Crippen molar-refractivity contribution in [1.29, 1.82) is 0 Å². The minimum absolute atomic E-state index is 0.704. The van der Waals surface area contributed by atoms with Gasteiger partial charge < -0.3 is 5.32 Å². The van der Waals surface area contributed by atoms with E-state index in [2.05, 4.69) is 42.8 Å². The van der Waals surface area contributed by atoms with Gasteiger partial charge in [0.15, 0.2) is 0 Å². The number of nitrogens with one attached hydrogen (secondary N) is 1. The summed E-state index contributed by atoms with van der Waals surface area (Å²) in [5.41, 5.74) is 2.75. The predicted octanol–water partition coefficient (Wildman–Crippen LogP) is 2.60. The number of aryl methyl sites for hydroxylation is 1. The zero-order valence-electron chi connectivity index (χ0n) is 11.1. The second-order valence-electron chi connectivity index (χ2n) is 4.72. The van der Waals surface area contributed by atoms with Crippen LogP contribution in [0.2, 0.25) is 0 Å². The first-order valence-electron chi connectivity index (χ1n) is 6.43. The van der Waals surface area contributed by atoms with Crippen LogP contribution in [-0.4, -0.2) is 16.3 Å². The first kappa shape index (κ1) is 13.2. The molecule has 0 saturated carbocycles. The van der Waals surface area contributed by atoms with Crippen molar-refractivity contribution in [3.8, 4) is 0 Å². The summed E-state index contributed by atoms with van der Waals surface area (Å²) in [5, 5.41) is 7.93. The van der Waals surface area contributed by atoms with Gasteiger partial charge in [-0.1, -0.05) is 27.7 Å². The van der Waals surface area contributed by atoms with Crippen LogP contribution in [-0.2, 0) is 19.5 Å². The second-order valence-corrected chi connectivity index (χ2v) is 4.72. The van der Waals surface area contributed by atoms with Crippen molar-refractivity contribution in [2.45, 2.75) is 53.6 Å². The van der Waals surface area contributed by atoms with Crippen LogP contribution in [0.3, 0.4) is 0 Å². The molecule has 0 aromatic carbocycles. The van der Waals surface area contributed by atoms with E-state index in [-0.39, 0.29) is 0 Å². The average Bonchev–Trinajstić information content (AvgIpc) is 2.61. The molecule has 1 rings (SSSR count). The highest BCUT2D eigenvalue weighted by Gasteiger charge is 2.07. The van der Waals surface area contributed by atoms with E-state index in [0.29, 0.717) is 5.92 Å². The Balaban J connectivity index is 2.58. The Morgan fingerprint density at radius 1 is 1.38 bits per heavy atom. The molecule has 1 aromatic heterocycles. The Kier molecular flexibility index (Phi) is 5.53. The van der Waals surface area contributed by atoms with Gasteiger partial charge >= 0.3 is 0 Å². The van der Waals surface area contributed by atoms with Gasteiger partial charge in [0.25, 0.3) is 0 Å². The highest BCUT2D eigenvalue weighted by molar-refractivity contribution is 5.17. The van der Waals surface area contributed by atoms with Crippen molar-refractivity contribution in [2.24, 2.45) is 5.92 Å². The van der Waals surface area contributed by atoms with Crippen molar-refractivity contribution >= 4 is 0 Å². The minimum atomic E-state index is 0.704. The van der Waals surface area contributed by atoms with Crippen LogP contribution in [0.1, 0.15) is 45.4 Å². The molecule has 16 heavy (non-hydrogen) atoms. The largest absolute Gasteiger partial charge is 0.312 e. The van der Waals surface area contributed by atoms with Crippen molar-refractivity contribution in [3.63, 3.8) is 0 Å². The molecule has 0 aliphatic rings. The molecule has 1 aromatic rings. The first-order chi connectivity index (χ1) is 7.69. The Bertz CT molecular complexity index is 302. The summed E-state index contributed by atoms with van der Waals surface area (Å²) >= 11 is 0. The average molecular weight is 223 g/mol. The van der Waals surface area contributed by atoms with Gasteiger partial charge in [0, 0.05) is 24.3 Å². The van der Waals surface area contributed by atoms with Crippen molar-refractivity contribution in [3.05, 3.63) is 17.5 Å². The number of rotatable bonds is 7. The Hall–Kier alpha value is -0.830. The predicted molar refractivity (Wildman–Crippen MR) is 68.4 cm³/mol. The lowest BCUT2D eigenvalue weighted by atomic mass is 10.2. The van der Waals surface area contributed by atoms with Gasteiger partial charge in [0.05, 0.1) is 6.20 Å². The molecule has 3 nitrogen and oxygen atoms in total. The minimum Gasteiger partial charge on any atom is -0.312 e. The summed E-state index contributed by atoms with van der Waals surface area (Å²) in [6.45, 7) is 11.9. The van der Waals surface area contributed by atoms with Crippen LogP contribution in [0.5, 0.6) is 0 Å². The molecule has 0 atom stereocenters. The number of nitrogens with zero attached hydrogens (tertiary/aromatic N) is 2. The molecule has 0 spiro atoms. The van der Waals surface area contributed by atoms with Crippen LogP contribution < -0.4 is 5.32 Å². The lowest BCUT2D eigenvalue weighted by Crippen LogP contribution is -2.19. The fourth-order valence-electron chi connectivity index (χ4n) is 1.91. The zero-order valence-corrected chi connectivity index (χ0v) is 11.1. The molecule has 0 unspecified atom stereocenters. The fourth-order valence-corrected chi connectivity index (χ4v) is 1.91. The van der Waals surface area contributed by atoms with Crippen molar-refractivity contribution < 1.29 is 0 Å². The number of aromatic nitrogens is 2. The quantitative estimate of drug-likeness (QED) is 0.770. The molecule has 0 aliphatic carbocycles. The summed E-state index contributed by atoms with van der Waals surface area (Å²) in [5.74, 6) is 0.704. The maximum atomic E-state index is 4.45. The third-order valence-electron chi connectivity index (χ3n) is 2.67. The SMILES string of the molecule is CCCn1ncc(CNCC(C)C)c1CC. The Morgan fingerprint density at radius 2 is 2.12 bits per heavy atom. The van der Waals surface area contributed by atoms with Crippen molar-refractivity contribution in [1.82, 2.24) is 15.1 Å². The molecule has 0 amide bonds.